The SMILES string of the molecule is O=C(O)c1ccccc1Cn1ccc2cc(-c3ccc(F)cc3)ccc21. The van der Waals surface area contributed by atoms with Crippen molar-refractivity contribution < 1.29 is 14.3 Å². The summed E-state index contributed by atoms with van der Waals surface area (Å²) < 4.78 is 15.1. The molecule has 0 spiro atoms. The van der Waals surface area contributed by atoms with Gasteiger partial charge >= 0.3 is 5.97 Å². The molecule has 26 heavy (non-hydrogen) atoms. The van der Waals surface area contributed by atoms with Gasteiger partial charge in [0.05, 0.1) is 5.56 Å². The lowest BCUT2D eigenvalue weighted by Crippen LogP contribution is -2.06. The van der Waals surface area contributed by atoms with Crippen molar-refractivity contribution in [2.75, 3.05) is 0 Å². The summed E-state index contributed by atoms with van der Waals surface area (Å²) in [6.45, 7) is 0.488. The molecule has 4 aromatic rings. The summed E-state index contributed by atoms with van der Waals surface area (Å²) >= 11 is 0. The Hall–Kier alpha value is -3.40. The molecule has 1 heterocycles. The molecule has 3 nitrogen and oxygen atoms in total. The van der Waals surface area contributed by atoms with Crippen LogP contribution in [0, 0.1) is 5.82 Å². The van der Waals surface area contributed by atoms with Gasteiger partial charge in [-0.05, 0) is 53.1 Å². The van der Waals surface area contributed by atoms with E-state index >= 15 is 0 Å². The second-order valence-electron chi connectivity index (χ2n) is 6.19. The Morgan fingerprint density at radius 2 is 1.65 bits per heavy atom. The molecule has 0 saturated carbocycles. The van der Waals surface area contributed by atoms with Crippen molar-refractivity contribution in [3.63, 3.8) is 0 Å². The smallest absolute Gasteiger partial charge is 0.336 e. The largest absolute Gasteiger partial charge is 0.478 e. The van der Waals surface area contributed by atoms with E-state index in [0.717, 1.165) is 27.6 Å². The van der Waals surface area contributed by atoms with Gasteiger partial charge in [-0.25, -0.2) is 9.18 Å². The average Bonchev–Trinajstić information content (AvgIpc) is 3.05. The first-order chi connectivity index (χ1) is 12.6. The van der Waals surface area contributed by atoms with Gasteiger partial charge in [0.25, 0.3) is 0 Å². The molecule has 0 radical (unpaired) electrons. The van der Waals surface area contributed by atoms with Crippen LogP contribution in [0.4, 0.5) is 4.39 Å². The number of hydrogen-bond donors (Lipinski definition) is 1. The molecule has 3 aromatic carbocycles. The van der Waals surface area contributed by atoms with Crippen LogP contribution >= 0.6 is 0 Å². The minimum absolute atomic E-state index is 0.252. The second-order valence-corrected chi connectivity index (χ2v) is 6.19. The standard InChI is InChI=1S/C22H16FNO2/c23-19-8-5-15(6-9-19)16-7-10-21-17(13-16)11-12-24(21)14-18-3-1-2-4-20(18)22(25)26/h1-13H,14H2,(H,25,26). The van der Waals surface area contributed by atoms with E-state index in [2.05, 4.69) is 6.07 Å². The molecule has 1 N–H and O–H groups in total. The highest BCUT2D eigenvalue weighted by atomic mass is 19.1. The Morgan fingerprint density at radius 3 is 2.42 bits per heavy atom. The van der Waals surface area contributed by atoms with E-state index in [1.54, 1.807) is 24.3 Å². The average molecular weight is 345 g/mol. The number of rotatable bonds is 4. The van der Waals surface area contributed by atoms with Crippen molar-refractivity contribution >= 4 is 16.9 Å². The van der Waals surface area contributed by atoms with Crippen molar-refractivity contribution in [1.29, 1.82) is 0 Å². The zero-order chi connectivity index (χ0) is 18.1. The molecular weight excluding hydrogens is 329 g/mol. The quantitative estimate of drug-likeness (QED) is 0.553. The molecule has 0 amide bonds. The summed E-state index contributed by atoms with van der Waals surface area (Å²) in [6, 6.07) is 21.5. The number of halogens is 1. The highest BCUT2D eigenvalue weighted by molar-refractivity contribution is 5.89. The molecule has 0 aliphatic carbocycles. The molecule has 0 saturated heterocycles. The zero-order valence-corrected chi connectivity index (χ0v) is 13.9. The fourth-order valence-electron chi connectivity index (χ4n) is 3.21. The lowest BCUT2D eigenvalue weighted by molar-refractivity contribution is 0.0695. The van der Waals surface area contributed by atoms with Crippen LogP contribution in [-0.4, -0.2) is 15.6 Å². The minimum atomic E-state index is -0.921. The number of aromatic carboxylic acids is 1. The number of carbonyl (C=O) groups is 1. The van der Waals surface area contributed by atoms with Crippen LogP contribution in [-0.2, 0) is 6.54 Å². The Labute approximate surface area is 149 Å². The molecule has 4 rings (SSSR count). The number of nitrogens with zero attached hydrogens (tertiary/aromatic N) is 1. The maximum atomic E-state index is 13.1. The molecule has 0 atom stereocenters. The minimum Gasteiger partial charge on any atom is -0.478 e. The highest BCUT2D eigenvalue weighted by Gasteiger charge is 2.11. The first-order valence-electron chi connectivity index (χ1n) is 8.28. The fourth-order valence-corrected chi connectivity index (χ4v) is 3.21. The molecule has 0 fully saturated rings. The third-order valence-corrected chi connectivity index (χ3v) is 4.54. The summed E-state index contributed by atoms with van der Waals surface area (Å²) in [5, 5.41) is 10.4. The molecule has 1 aromatic heterocycles. The Morgan fingerprint density at radius 1 is 0.923 bits per heavy atom. The van der Waals surface area contributed by atoms with Gasteiger partial charge in [-0.15, -0.1) is 0 Å². The predicted octanol–water partition coefficient (Wildman–Crippen LogP) is 5.19. The molecule has 0 aliphatic heterocycles. The van der Waals surface area contributed by atoms with E-state index < -0.39 is 5.97 Å². The summed E-state index contributed by atoms with van der Waals surface area (Å²) in [5.41, 5.74) is 4.08. The number of carboxylic acid groups (broad SMARTS) is 1. The van der Waals surface area contributed by atoms with Crippen molar-refractivity contribution in [1.82, 2.24) is 4.57 Å². The monoisotopic (exact) mass is 345 g/mol. The van der Waals surface area contributed by atoms with Crippen LogP contribution in [0.15, 0.2) is 79.0 Å². The van der Waals surface area contributed by atoms with Gasteiger partial charge in [-0.2, -0.15) is 0 Å². The number of benzene rings is 3. The van der Waals surface area contributed by atoms with E-state index in [1.807, 2.05) is 41.1 Å². The number of fused-ring (bicyclic) bond motifs is 1. The van der Waals surface area contributed by atoms with Crippen molar-refractivity contribution in [2.24, 2.45) is 0 Å². The van der Waals surface area contributed by atoms with Crippen molar-refractivity contribution in [3.8, 4) is 11.1 Å². The third-order valence-electron chi connectivity index (χ3n) is 4.54. The van der Waals surface area contributed by atoms with Crippen LogP contribution in [0.2, 0.25) is 0 Å². The summed E-state index contributed by atoms with van der Waals surface area (Å²) in [6.07, 6.45) is 1.96. The van der Waals surface area contributed by atoms with Crippen LogP contribution in [0.3, 0.4) is 0 Å². The molecule has 0 unspecified atom stereocenters. The molecule has 128 valence electrons. The van der Waals surface area contributed by atoms with Gasteiger partial charge in [0.1, 0.15) is 5.82 Å². The Bertz CT molecular complexity index is 1100. The summed E-state index contributed by atoms with van der Waals surface area (Å²) in [7, 11) is 0. The number of hydrogen-bond acceptors (Lipinski definition) is 1. The van der Waals surface area contributed by atoms with E-state index in [9.17, 15) is 14.3 Å². The summed E-state index contributed by atoms with van der Waals surface area (Å²) in [4.78, 5) is 11.4. The maximum Gasteiger partial charge on any atom is 0.336 e. The van der Waals surface area contributed by atoms with Gasteiger partial charge in [0.15, 0.2) is 0 Å². The zero-order valence-electron chi connectivity index (χ0n) is 13.9. The van der Waals surface area contributed by atoms with Crippen LogP contribution in [0.25, 0.3) is 22.0 Å². The first kappa shape index (κ1) is 16.1. The van der Waals surface area contributed by atoms with Gasteiger partial charge in [0.2, 0.25) is 0 Å². The van der Waals surface area contributed by atoms with Crippen molar-refractivity contribution in [2.45, 2.75) is 6.54 Å². The van der Waals surface area contributed by atoms with Gasteiger partial charge in [0, 0.05) is 23.6 Å². The maximum absolute atomic E-state index is 13.1. The molecular formula is C22H16FNO2. The normalized spacial score (nSPS) is 11.0. The van der Waals surface area contributed by atoms with E-state index in [0.29, 0.717) is 12.1 Å². The van der Waals surface area contributed by atoms with E-state index in [-0.39, 0.29) is 5.82 Å². The van der Waals surface area contributed by atoms with E-state index in [4.69, 9.17) is 0 Å². The number of aromatic nitrogens is 1. The topological polar surface area (TPSA) is 42.2 Å². The van der Waals surface area contributed by atoms with Crippen LogP contribution in [0.1, 0.15) is 15.9 Å². The van der Waals surface area contributed by atoms with Crippen LogP contribution in [0.5, 0.6) is 0 Å². The fraction of sp³-hybridized carbons (Fsp3) is 0.0455. The van der Waals surface area contributed by atoms with Gasteiger partial charge in [-0.1, -0.05) is 36.4 Å². The Kier molecular flexibility index (Phi) is 4.01. The van der Waals surface area contributed by atoms with Gasteiger partial charge in [-0.3, -0.25) is 0 Å². The van der Waals surface area contributed by atoms with E-state index in [1.165, 1.54) is 12.1 Å². The third kappa shape index (κ3) is 2.97. The first-order valence-corrected chi connectivity index (χ1v) is 8.28. The van der Waals surface area contributed by atoms with Gasteiger partial charge < -0.3 is 9.67 Å². The molecule has 0 aliphatic rings. The second kappa shape index (κ2) is 6.48. The number of carboxylic acids is 1. The van der Waals surface area contributed by atoms with Crippen LogP contribution < -0.4 is 0 Å². The summed E-state index contributed by atoms with van der Waals surface area (Å²) in [5.74, 6) is -1.17. The molecule has 4 heteroatoms. The predicted molar refractivity (Wildman–Crippen MR) is 99.8 cm³/mol. The Balaban J connectivity index is 1.70. The highest BCUT2D eigenvalue weighted by Crippen LogP contribution is 2.26. The lowest BCUT2D eigenvalue weighted by Gasteiger charge is -2.09. The molecule has 0 bridgehead atoms. The lowest BCUT2D eigenvalue weighted by atomic mass is 10.0. The van der Waals surface area contributed by atoms with Crippen molar-refractivity contribution in [3.05, 3.63) is 95.9 Å².